The first kappa shape index (κ1) is 19.1. The second-order valence-electron chi connectivity index (χ2n) is 5.41. The van der Waals surface area contributed by atoms with Crippen molar-refractivity contribution in [1.82, 2.24) is 5.32 Å². The van der Waals surface area contributed by atoms with E-state index in [0.717, 1.165) is 29.9 Å². The number of thiocarbonyl (C=S) groups is 1. The van der Waals surface area contributed by atoms with Gasteiger partial charge in [-0.15, -0.1) is 0 Å². The summed E-state index contributed by atoms with van der Waals surface area (Å²) in [6, 6.07) is 12.4. The molecule has 3 nitrogen and oxygen atoms in total. The van der Waals surface area contributed by atoms with Gasteiger partial charge >= 0.3 is 6.18 Å². The molecule has 1 atom stereocenters. The summed E-state index contributed by atoms with van der Waals surface area (Å²) < 4.78 is 42.9. The smallest absolute Gasteiger partial charge is 0.416 e. The van der Waals surface area contributed by atoms with Crippen molar-refractivity contribution in [2.75, 3.05) is 12.4 Å². The highest BCUT2D eigenvalue weighted by Gasteiger charge is 2.29. The molecule has 0 aliphatic carbocycles. The Bertz CT molecular complexity index is 700. The maximum Gasteiger partial charge on any atom is 0.416 e. The summed E-state index contributed by atoms with van der Waals surface area (Å²) in [5.41, 5.74) is 0.844. The first-order chi connectivity index (χ1) is 11.8. The lowest BCUT2D eigenvalue weighted by Crippen LogP contribution is -2.32. The van der Waals surface area contributed by atoms with E-state index in [9.17, 15) is 13.2 Å². The minimum Gasteiger partial charge on any atom is -0.497 e. The number of nitrogens with one attached hydrogen (secondary N) is 2. The molecule has 0 aromatic heterocycles. The van der Waals surface area contributed by atoms with Crippen molar-refractivity contribution >= 4 is 23.0 Å². The molecule has 0 unspecified atom stereocenters. The van der Waals surface area contributed by atoms with E-state index in [1.165, 1.54) is 12.1 Å². The van der Waals surface area contributed by atoms with Gasteiger partial charge in [0, 0.05) is 5.69 Å². The molecule has 134 valence electrons. The second kappa shape index (κ2) is 8.20. The monoisotopic (exact) mass is 368 g/mol. The lowest BCUT2D eigenvalue weighted by Gasteiger charge is -2.20. The van der Waals surface area contributed by atoms with Crippen LogP contribution in [0, 0.1) is 0 Å². The fraction of sp³-hybridized carbons (Fsp3) is 0.278. The van der Waals surface area contributed by atoms with Crippen LogP contribution >= 0.6 is 12.2 Å². The molecule has 7 heteroatoms. The molecule has 25 heavy (non-hydrogen) atoms. The molecule has 0 saturated carbocycles. The van der Waals surface area contributed by atoms with Crippen LogP contribution in [0.2, 0.25) is 0 Å². The van der Waals surface area contributed by atoms with Crippen molar-refractivity contribution in [2.24, 2.45) is 0 Å². The summed E-state index contributed by atoms with van der Waals surface area (Å²) in [5, 5.41) is 6.43. The van der Waals surface area contributed by atoms with E-state index in [-0.39, 0.29) is 6.04 Å². The van der Waals surface area contributed by atoms with E-state index in [0.29, 0.717) is 10.8 Å². The zero-order valence-corrected chi connectivity index (χ0v) is 14.7. The number of alkyl halides is 3. The van der Waals surface area contributed by atoms with E-state index >= 15 is 0 Å². The summed E-state index contributed by atoms with van der Waals surface area (Å²) >= 11 is 5.26. The lowest BCUT2D eigenvalue weighted by molar-refractivity contribution is -0.137. The van der Waals surface area contributed by atoms with Crippen LogP contribution in [-0.2, 0) is 6.18 Å². The Morgan fingerprint density at radius 1 is 1.08 bits per heavy atom. The summed E-state index contributed by atoms with van der Waals surface area (Å²) in [5.74, 6) is 0.768. The lowest BCUT2D eigenvalue weighted by atomic mass is 10.0. The molecular formula is C18H19F3N2OS. The van der Waals surface area contributed by atoms with E-state index in [4.69, 9.17) is 17.0 Å². The molecule has 2 aromatic carbocycles. The van der Waals surface area contributed by atoms with Crippen LogP contribution in [0.25, 0.3) is 0 Å². The Kier molecular flexibility index (Phi) is 6.25. The maximum atomic E-state index is 12.6. The molecule has 0 fully saturated rings. The fourth-order valence-electron chi connectivity index (χ4n) is 2.33. The Labute approximate surface area is 150 Å². The molecule has 2 rings (SSSR count). The van der Waals surface area contributed by atoms with Crippen LogP contribution in [0.3, 0.4) is 0 Å². The van der Waals surface area contributed by atoms with Gasteiger partial charge in [0.2, 0.25) is 0 Å². The molecule has 2 N–H and O–H groups in total. The zero-order chi connectivity index (χ0) is 18.4. The van der Waals surface area contributed by atoms with Crippen molar-refractivity contribution in [1.29, 1.82) is 0 Å². The minimum atomic E-state index is -4.35. The largest absolute Gasteiger partial charge is 0.497 e. The van der Waals surface area contributed by atoms with E-state index < -0.39 is 11.7 Å². The molecule has 0 saturated heterocycles. The van der Waals surface area contributed by atoms with Crippen molar-refractivity contribution in [3.05, 3.63) is 59.7 Å². The number of ether oxygens (including phenoxy) is 1. The van der Waals surface area contributed by atoms with Crippen molar-refractivity contribution in [3.63, 3.8) is 0 Å². The van der Waals surface area contributed by atoms with Crippen LogP contribution in [0.4, 0.5) is 18.9 Å². The van der Waals surface area contributed by atoms with Crippen molar-refractivity contribution in [2.45, 2.75) is 25.6 Å². The molecule has 0 aliphatic heterocycles. The quantitative estimate of drug-likeness (QED) is 0.715. The average Bonchev–Trinajstić information content (AvgIpc) is 2.59. The Hall–Kier alpha value is -2.28. The third-order valence-corrected chi connectivity index (χ3v) is 3.92. The van der Waals surface area contributed by atoms with Gasteiger partial charge in [-0.25, -0.2) is 0 Å². The van der Waals surface area contributed by atoms with Gasteiger partial charge < -0.3 is 15.4 Å². The van der Waals surface area contributed by atoms with Gasteiger partial charge in [-0.2, -0.15) is 13.2 Å². The normalized spacial score (nSPS) is 12.4. The van der Waals surface area contributed by atoms with Gasteiger partial charge in [0.05, 0.1) is 18.7 Å². The SMILES string of the molecule is CC[C@H](NC(=S)Nc1ccc(C(F)(F)F)cc1)c1ccc(OC)cc1. The molecule has 0 bridgehead atoms. The molecule has 0 heterocycles. The van der Waals surface area contributed by atoms with Crippen LogP contribution in [0.15, 0.2) is 48.5 Å². The summed E-state index contributed by atoms with van der Waals surface area (Å²) in [6.07, 6.45) is -3.56. The number of hydrogen-bond acceptors (Lipinski definition) is 2. The van der Waals surface area contributed by atoms with E-state index in [2.05, 4.69) is 10.6 Å². The molecule has 0 radical (unpaired) electrons. The third kappa shape index (κ3) is 5.35. The summed E-state index contributed by atoms with van der Waals surface area (Å²) in [6.45, 7) is 2.02. The standard InChI is InChI=1S/C18H19F3N2OS/c1-3-16(12-4-10-15(24-2)11-5-12)23-17(25)22-14-8-6-13(7-9-14)18(19,20)21/h4-11,16H,3H2,1-2H3,(H2,22,23,25)/t16-/m0/s1. The molecule has 2 aromatic rings. The highest BCUT2D eigenvalue weighted by molar-refractivity contribution is 7.80. The van der Waals surface area contributed by atoms with Gasteiger partial charge in [-0.1, -0.05) is 19.1 Å². The van der Waals surface area contributed by atoms with Crippen LogP contribution in [0.1, 0.15) is 30.5 Å². The third-order valence-electron chi connectivity index (χ3n) is 3.70. The number of rotatable bonds is 5. The topological polar surface area (TPSA) is 33.3 Å². The second-order valence-corrected chi connectivity index (χ2v) is 5.82. The number of halogens is 3. The molecule has 0 aliphatic rings. The maximum absolute atomic E-state index is 12.6. The Morgan fingerprint density at radius 2 is 1.68 bits per heavy atom. The fourth-order valence-corrected chi connectivity index (χ4v) is 2.59. The highest BCUT2D eigenvalue weighted by atomic mass is 32.1. The minimum absolute atomic E-state index is 0.0136. The van der Waals surface area contributed by atoms with Crippen molar-refractivity contribution in [3.8, 4) is 5.75 Å². The predicted octanol–water partition coefficient (Wildman–Crippen LogP) is 5.15. The molecule has 0 amide bonds. The summed E-state index contributed by atoms with van der Waals surface area (Å²) in [7, 11) is 1.60. The van der Waals surface area contributed by atoms with Gasteiger partial charge in [0.25, 0.3) is 0 Å². The Morgan fingerprint density at radius 3 is 2.16 bits per heavy atom. The predicted molar refractivity (Wildman–Crippen MR) is 96.8 cm³/mol. The van der Waals surface area contributed by atoms with Gasteiger partial charge in [0.1, 0.15) is 5.75 Å². The number of methoxy groups -OCH3 is 1. The van der Waals surface area contributed by atoms with Gasteiger partial charge in [-0.3, -0.25) is 0 Å². The highest BCUT2D eigenvalue weighted by Crippen LogP contribution is 2.29. The van der Waals surface area contributed by atoms with Gasteiger partial charge in [0.15, 0.2) is 5.11 Å². The van der Waals surface area contributed by atoms with E-state index in [1.807, 2.05) is 31.2 Å². The van der Waals surface area contributed by atoms with Crippen LogP contribution < -0.4 is 15.4 Å². The zero-order valence-electron chi connectivity index (χ0n) is 13.9. The molecular weight excluding hydrogens is 349 g/mol. The van der Waals surface area contributed by atoms with Crippen LogP contribution in [0.5, 0.6) is 5.75 Å². The number of benzene rings is 2. The first-order valence-electron chi connectivity index (χ1n) is 7.72. The van der Waals surface area contributed by atoms with Crippen molar-refractivity contribution < 1.29 is 17.9 Å². The number of anilines is 1. The molecule has 0 spiro atoms. The van der Waals surface area contributed by atoms with E-state index in [1.54, 1.807) is 7.11 Å². The average molecular weight is 368 g/mol. The number of hydrogen-bond donors (Lipinski definition) is 2. The summed E-state index contributed by atoms with van der Waals surface area (Å²) in [4.78, 5) is 0. The Balaban J connectivity index is 1.99. The first-order valence-corrected chi connectivity index (χ1v) is 8.13. The van der Waals surface area contributed by atoms with Gasteiger partial charge in [-0.05, 0) is 60.6 Å². The van der Waals surface area contributed by atoms with Crippen LogP contribution in [-0.4, -0.2) is 12.2 Å².